The molecule has 0 spiro atoms. The molecule has 31 heavy (non-hydrogen) atoms. The maximum absolute atomic E-state index is 12.6. The van der Waals surface area contributed by atoms with Crippen molar-refractivity contribution in [3.05, 3.63) is 52.5 Å². The molecule has 0 unspecified atom stereocenters. The van der Waals surface area contributed by atoms with Crippen LogP contribution >= 0.6 is 11.6 Å². The van der Waals surface area contributed by atoms with Crippen molar-refractivity contribution in [3.8, 4) is 17.2 Å². The fraction of sp³-hybridized carbons (Fsp3) is 0.318. The fourth-order valence-corrected chi connectivity index (χ4v) is 2.68. The van der Waals surface area contributed by atoms with Gasteiger partial charge in [-0.05, 0) is 50.6 Å². The van der Waals surface area contributed by atoms with Gasteiger partial charge in [0.05, 0.1) is 32.6 Å². The molecular weight excluding hydrogens is 422 g/mol. The minimum atomic E-state index is -0.473. The van der Waals surface area contributed by atoms with Crippen LogP contribution < -0.4 is 25.0 Å². The van der Waals surface area contributed by atoms with Crippen LogP contribution in [-0.4, -0.2) is 44.4 Å². The Labute approximate surface area is 186 Å². The fourth-order valence-electron chi connectivity index (χ4n) is 2.55. The van der Waals surface area contributed by atoms with E-state index in [1.807, 2.05) is 20.8 Å². The highest BCUT2D eigenvalue weighted by Gasteiger charge is 2.18. The van der Waals surface area contributed by atoms with Gasteiger partial charge >= 0.3 is 0 Å². The number of halogens is 1. The van der Waals surface area contributed by atoms with Gasteiger partial charge in [-0.25, -0.2) is 5.43 Å². The summed E-state index contributed by atoms with van der Waals surface area (Å²) in [7, 11) is 0. The van der Waals surface area contributed by atoms with E-state index in [0.717, 1.165) is 5.56 Å². The topological polar surface area (TPSA) is 98.2 Å². The monoisotopic (exact) mass is 447 g/mol. The molecule has 2 aromatic rings. The van der Waals surface area contributed by atoms with Crippen LogP contribution in [0.2, 0.25) is 5.02 Å². The Hall–Kier alpha value is -3.26. The minimum absolute atomic E-state index is 0.252. The molecule has 0 saturated heterocycles. The number of carbonyl (C=O) groups is 2. The van der Waals surface area contributed by atoms with Gasteiger partial charge in [-0.3, -0.25) is 9.59 Å². The number of hydrazone groups is 1. The molecule has 0 heterocycles. The first-order valence-corrected chi connectivity index (χ1v) is 10.3. The lowest BCUT2D eigenvalue weighted by Crippen LogP contribution is -2.35. The summed E-state index contributed by atoms with van der Waals surface area (Å²) in [5.74, 6) is 0.313. The number of benzene rings is 2. The third-order valence-electron chi connectivity index (χ3n) is 3.85. The number of hydrogen-bond acceptors (Lipinski definition) is 6. The molecule has 0 aromatic heterocycles. The molecule has 2 N–H and O–H groups in total. The van der Waals surface area contributed by atoms with Gasteiger partial charge in [0.15, 0.2) is 11.5 Å². The third kappa shape index (κ3) is 7.49. The Morgan fingerprint density at radius 3 is 2.10 bits per heavy atom. The Balaban J connectivity index is 2.01. The molecule has 0 aliphatic rings. The smallest absolute Gasteiger partial charge is 0.259 e. The van der Waals surface area contributed by atoms with Crippen LogP contribution in [0.15, 0.2) is 41.5 Å². The van der Waals surface area contributed by atoms with Crippen LogP contribution in [0.5, 0.6) is 17.2 Å². The van der Waals surface area contributed by atoms with E-state index in [1.165, 1.54) is 6.21 Å². The summed E-state index contributed by atoms with van der Waals surface area (Å²) in [6.07, 6.45) is 1.48. The predicted octanol–water partition coefficient (Wildman–Crippen LogP) is 3.42. The van der Waals surface area contributed by atoms with Crippen molar-refractivity contribution in [2.24, 2.45) is 5.10 Å². The lowest BCUT2D eigenvalue weighted by molar-refractivity contribution is -0.120. The van der Waals surface area contributed by atoms with Gasteiger partial charge in [0.2, 0.25) is 5.75 Å². The molecule has 2 aromatic carbocycles. The zero-order chi connectivity index (χ0) is 22.6. The van der Waals surface area contributed by atoms with Crippen LogP contribution in [0.25, 0.3) is 0 Å². The van der Waals surface area contributed by atoms with Gasteiger partial charge in [-0.1, -0.05) is 23.7 Å². The Morgan fingerprint density at radius 1 is 0.968 bits per heavy atom. The molecular formula is C22H26ClN3O5. The van der Waals surface area contributed by atoms with Crippen molar-refractivity contribution in [2.45, 2.75) is 20.8 Å². The van der Waals surface area contributed by atoms with Crippen LogP contribution in [0.4, 0.5) is 0 Å². The summed E-state index contributed by atoms with van der Waals surface area (Å²) in [6.45, 7) is 6.46. The molecule has 2 rings (SSSR count). The lowest BCUT2D eigenvalue weighted by atomic mass is 10.1. The van der Waals surface area contributed by atoms with Crippen LogP contribution in [-0.2, 0) is 4.79 Å². The number of ether oxygens (including phenoxy) is 3. The van der Waals surface area contributed by atoms with E-state index in [0.29, 0.717) is 42.1 Å². The number of nitrogens with zero attached hydrogens (tertiary/aromatic N) is 1. The average molecular weight is 448 g/mol. The van der Waals surface area contributed by atoms with Crippen molar-refractivity contribution in [1.82, 2.24) is 10.7 Å². The molecule has 8 nitrogen and oxygen atoms in total. The molecule has 0 bridgehead atoms. The molecule has 166 valence electrons. The van der Waals surface area contributed by atoms with Gasteiger partial charge in [-0.2, -0.15) is 5.10 Å². The SMILES string of the molecule is CCOc1cc(C(=O)NCC(=O)N/N=C/c2ccc(Cl)cc2)cc(OCC)c1OCC. The molecule has 9 heteroatoms. The second kappa shape index (κ2) is 12.4. The molecule has 0 saturated carbocycles. The Bertz CT molecular complexity index is 889. The summed E-state index contributed by atoms with van der Waals surface area (Å²) < 4.78 is 16.8. The highest BCUT2D eigenvalue weighted by molar-refractivity contribution is 6.30. The van der Waals surface area contributed by atoms with Crippen LogP contribution in [0, 0.1) is 0 Å². The number of amides is 2. The summed E-state index contributed by atoms with van der Waals surface area (Å²) in [4.78, 5) is 24.5. The van der Waals surface area contributed by atoms with Crippen molar-refractivity contribution >= 4 is 29.6 Å². The van der Waals surface area contributed by atoms with Crippen molar-refractivity contribution in [1.29, 1.82) is 0 Å². The maximum Gasteiger partial charge on any atom is 0.259 e. The number of hydrogen-bond donors (Lipinski definition) is 2. The standard InChI is InChI=1S/C22H26ClN3O5/c1-4-29-18-11-16(12-19(30-5-2)21(18)31-6-3)22(28)24-14-20(27)26-25-13-15-7-9-17(23)10-8-15/h7-13H,4-6,14H2,1-3H3,(H,24,28)(H,26,27)/b25-13+. The lowest BCUT2D eigenvalue weighted by Gasteiger charge is -2.17. The van der Waals surface area contributed by atoms with E-state index >= 15 is 0 Å². The van der Waals surface area contributed by atoms with E-state index < -0.39 is 11.8 Å². The summed E-state index contributed by atoms with van der Waals surface area (Å²) in [6, 6.07) is 10.1. The molecule has 0 aliphatic heterocycles. The van der Waals surface area contributed by atoms with E-state index in [2.05, 4.69) is 15.8 Å². The molecule has 2 amide bonds. The van der Waals surface area contributed by atoms with E-state index in [4.69, 9.17) is 25.8 Å². The normalized spacial score (nSPS) is 10.6. The highest BCUT2D eigenvalue weighted by atomic mass is 35.5. The largest absolute Gasteiger partial charge is 0.490 e. The van der Waals surface area contributed by atoms with E-state index in [1.54, 1.807) is 36.4 Å². The minimum Gasteiger partial charge on any atom is -0.490 e. The zero-order valence-electron chi connectivity index (χ0n) is 17.7. The second-order valence-corrected chi connectivity index (χ2v) is 6.56. The third-order valence-corrected chi connectivity index (χ3v) is 4.11. The zero-order valence-corrected chi connectivity index (χ0v) is 18.5. The highest BCUT2D eigenvalue weighted by Crippen LogP contribution is 2.39. The molecule has 0 fully saturated rings. The molecule has 0 aliphatic carbocycles. The van der Waals surface area contributed by atoms with E-state index in [-0.39, 0.29) is 12.1 Å². The molecule has 0 atom stereocenters. The van der Waals surface area contributed by atoms with Gasteiger partial charge < -0.3 is 19.5 Å². The predicted molar refractivity (Wildman–Crippen MR) is 119 cm³/mol. The van der Waals surface area contributed by atoms with Gasteiger partial charge in [0.25, 0.3) is 11.8 Å². The molecule has 0 radical (unpaired) electrons. The number of nitrogens with one attached hydrogen (secondary N) is 2. The van der Waals surface area contributed by atoms with E-state index in [9.17, 15) is 9.59 Å². The Kier molecular flexibility index (Phi) is 9.64. The quantitative estimate of drug-likeness (QED) is 0.406. The van der Waals surface area contributed by atoms with Crippen molar-refractivity contribution in [3.63, 3.8) is 0 Å². The van der Waals surface area contributed by atoms with Crippen LogP contribution in [0.1, 0.15) is 36.7 Å². The Morgan fingerprint density at radius 2 is 1.55 bits per heavy atom. The first-order valence-electron chi connectivity index (χ1n) is 9.90. The number of rotatable bonds is 11. The van der Waals surface area contributed by atoms with Crippen molar-refractivity contribution < 1.29 is 23.8 Å². The summed E-state index contributed by atoms with van der Waals surface area (Å²) in [5, 5.41) is 7.02. The average Bonchev–Trinajstić information content (AvgIpc) is 2.75. The van der Waals surface area contributed by atoms with Gasteiger partial charge in [0.1, 0.15) is 0 Å². The summed E-state index contributed by atoms with van der Waals surface area (Å²) >= 11 is 5.82. The van der Waals surface area contributed by atoms with Crippen LogP contribution in [0.3, 0.4) is 0 Å². The first-order chi connectivity index (χ1) is 15.0. The number of carbonyl (C=O) groups excluding carboxylic acids is 2. The van der Waals surface area contributed by atoms with Gasteiger partial charge in [0, 0.05) is 10.6 Å². The second-order valence-electron chi connectivity index (χ2n) is 6.13. The maximum atomic E-state index is 12.6. The summed E-state index contributed by atoms with van der Waals surface area (Å²) in [5.41, 5.74) is 3.41. The first kappa shape index (κ1) is 24.0. The van der Waals surface area contributed by atoms with Crippen molar-refractivity contribution in [2.75, 3.05) is 26.4 Å². The van der Waals surface area contributed by atoms with Gasteiger partial charge in [-0.15, -0.1) is 0 Å².